The Labute approximate surface area is 215 Å². The Balaban J connectivity index is 1.43. The molecule has 2 aliphatic rings. The number of benzene rings is 1. The molecule has 2 unspecified atom stereocenters. The van der Waals surface area contributed by atoms with Crippen molar-refractivity contribution in [1.29, 1.82) is 0 Å². The lowest BCUT2D eigenvalue weighted by Crippen LogP contribution is -2.32. The molecule has 0 radical (unpaired) electrons. The van der Waals surface area contributed by atoms with Crippen LogP contribution in [0.2, 0.25) is 0 Å². The Morgan fingerprint density at radius 3 is 2.70 bits per heavy atom. The van der Waals surface area contributed by atoms with Crippen molar-refractivity contribution in [3.63, 3.8) is 0 Å². The van der Waals surface area contributed by atoms with Gasteiger partial charge in [0.2, 0.25) is 5.95 Å². The Morgan fingerprint density at radius 1 is 1.19 bits per heavy atom. The molecule has 6 rings (SSSR count). The molecule has 0 aliphatic heterocycles. The standard InChI is InChI=1S/C28H31N7O2/c1-17-15-23(34-37-17)28(2,36)13-11-18-7-10-21-22(16-18)35(24-12-14-30-27(29)32-24)33-26(21)25(19-8-9-19)31-20-5-3-4-6-20/h7,10,12,14-16,19-20,25,31,36H,3-6,8-9H2,1-2H3,(H2,29,30,32). The molecule has 1 aromatic carbocycles. The third kappa shape index (κ3) is 4.82. The van der Waals surface area contributed by atoms with Crippen LogP contribution in [0.5, 0.6) is 0 Å². The molecule has 0 amide bonds. The number of nitrogens with one attached hydrogen (secondary N) is 1. The Hall–Kier alpha value is -3.74. The lowest BCUT2D eigenvalue weighted by molar-refractivity contribution is 0.112. The number of hydrogen-bond donors (Lipinski definition) is 3. The molecule has 4 aromatic rings. The molecule has 4 N–H and O–H groups in total. The molecule has 2 saturated carbocycles. The van der Waals surface area contributed by atoms with E-state index in [1.165, 1.54) is 38.5 Å². The minimum absolute atomic E-state index is 0.194. The average Bonchev–Trinajstić information content (AvgIpc) is 3.24. The second kappa shape index (κ2) is 9.29. The van der Waals surface area contributed by atoms with Crippen LogP contribution in [0.4, 0.5) is 5.95 Å². The second-order valence-corrected chi connectivity index (χ2v) is 10.4. The van der Waals surface area contributed by atoms with E-state index in [2.05, 4.69) is 38.3 Å². The van der Waals surface area contributed by atoms with Gasteiger partial charge in [-0.25, -0.2) is 9.67 Å². The van der Waals surface area contributed by atoms with Crippen LogP contribution in [0.3, 0.4) is 0 Å². The summed E-state index contributed by atoms with van der Waals surface area (Å²) in [6, 6.07) is 10.3. The number of rotatable bonds is 6. The van der Waals surface area contributed by atoms with E-state index in [0.29, 0.717) is 29.2 Å². The van der Waals surface area contributed by atoms with Gasteiger partial charge in [0.05, 0.1) is 17.3 Å². The zero-order chi connectivity index (χ0) is 25.6. The van der Waals surface area contributed by atoms with Crippen molar-refractivity contribution in [2.45, 2.75) is 70.1 Å². The van der Waals surface area contributed by atoms with Crippen LogP contribution in [0.15, 0.2) is 41.1 Å². The summed E-state index contributed by atoms with van der Waals surface area (Å²) >= 11 is 0. The van der Waals surface area contributed by atoms with Crippen LogP contribution >= 0.6 is 0 Å². The van der Waals surface area contributed by atoms with Crippen molar-refractivity contribution in [1.82, 2.24) is 30.2 Å². The molecular weight excluding hydrogens is 466 g/mol. The summed E-state index contributed by atoms with van der Waals surface area (Å²) < 4.78 is 6.95. The Morgan fingerprint density at radius 2 is 2.00 bits per heavy atom. The molecule has 9 heteroatoms. The second-order valence-electron chi connectivity index (χ2n) is 10.4. The van der Waals surface area contributed by atoms with Crippen molar-refractivity contribution in [2.75, 3.05) is 5.73 Å². The number of nitrogens with two attached hydrogens (primary N) is 1. The highest BCUT2D eigenvalue weighted by Crippen LogP contribution is 2.44. The van der Waals surface area contributed by atoms with E-state index >= 15 is 0 Å². The van der Waals surface area contributed by atoms with E-state index in [1.54, 1.807) is 32.2 Å². The Kier molecular flexibility index (Phi) is 5.94. The largest absolute Gasteiger partial charge is 0.372 e. The fourth-order valence-electron chi connectivity index (χ4n) is 5.17. The smallest absolute Gasteiger partial charge is 0.221 e. The molecule has 0 spiro atoms. The van der Waals surface area contributed by atoms with Gasteiger partial charge in [0.25, 0.3) is 0 Å². The number of aryl methyl sites for hydroxylation is 1. The molecule has 37 heavy (non-hydrogen) atoms. The minimum Gasteiger partial charge on any atom is -0.372 e. The van der Waals surface area contributed by atoms with E-state index in [9.17, 15) is 5.11 Å². The number of aromatic nitrogens is 5. The molecule has 0 saturated heterocycles. The van der Waals surface area contributed by atoms with E-state index in [0.717, 1.165) is 22.2 Å². The fraction of sp³-hybridized carbons (Fsp3) is 0.429. The van der Waals surface area contributed by atoms with Gasteiger partial charge in [-0.2, -0.15) is 10.1 Å². The normalized spacial score (nSPS) is 18.5. The number of hydrogen-bond acceptors (Lipinski definition) is 8. The van der Waals surface area contributed by atoms with Gasteiger partial charge in [-0.15, -0.1) is 0 Å². The summed E-state index contributed by atoms with van der Waals surface area (Å²) in [6.45, 7) is 3.39. The summed E-state index contributed by atoms with van der Waals surface area (Å²) in [5.74, 6) is 8.06. The van der Waals surface area contributed by atoms with Crippen LogP contribution < -0.4 is 11.1 Å². The van der Waals surface area contributed by atoms with Gasteiger partial charge in [-0.1, -0.05) is 29.8 Å². The van der Waals surface area contributed by atoms with Gasteiger partial charge >= 0.3 is 0 Å². The lowest BCUT2D eigenvalue weighted by atomic mass is 10.0. The van der Waals surface area contributed by atoms with Crippen molar-refractivity contribution in [3.05, 3.63) is 59.2 Å². The van der Waals surface area contributed by atoms with Gasteiger partial charge in [-0.3, -0.25) is 0 Å². The number of aliphatic hydroxyl groups is 1. The van der Waals surface area contributed by atoms with Gasteiger partial charge in [0.1, 0.15) is 11.5 Å². The van der Waals surface area contributed by atoms with E-state index < -0.39 is 5.60 Å². The highest BCUT2D eigenvalue weighted by atomic mass is 16.5. The van der Waals surface area contributed by atoms with E-state index in [-0.39, 0.29) is 12.0 Å². The zero-order valence-electron chi connectivity index (χ0n) is 21.1. The molecule has 0 bridgehead atoms. The summed E-state index contributed by atoms with van der Waals surface area (Å²) in [7, 11) is 0. The van der Waals surface area contributed by atoms with Crippen molar-refractivity contribution in [2.24, 2.45) is 5.92 Å². The monoisotopic (exact) mass is 497 g/mol. The van der Waals surface area contributed by atoms with E-state index in [1.807, 2.05) is 16.8 Å². The highest BCUT2D eigenvalue weighted by Gasteiger charge is 2.37. The first-order valence-electron chi connectivity index (χ1n) is 12.9. The molecule has 3 heterocycles. The minimum atomic E-state index is -1.44. The van der Waals surface area contributed by atoms with Gasteiger partial charge < -0.3 is 20.7 Å². The first-order valence-corrected chi connectivity index (χ1v) is 12.9. The van der Waals surface area contributed by atoms with Crippen LogP contribution in [0, 0.1) is 24.7 Å². The summed E-state index contributed by atoms with van der Waals surface area (Å²) in [5.41, 5.74) is 7.52. The molecule has 190 valence electrons. The van der Waals surface area contributed by atoms with Gasteiger partial charge in [0.15, 0.2) is 11.4 Å². The topological polar surface area (TPSA) is 128 Å². The maximum Gasteiger partial charge on any atom is 0.221 e. The highest BCUT2D eigenvalue weighted by molar-refractivity contribution is 5.85. The molecule has 2 atom stereocenters. The number of nitrogen functional groups attached to an aromatic ring is 1. The van der Waals surface area contributed by atoms with Gasteiger partial charge in [-0.05, 0) is 63.6 Å². The van der Waals surface area contributed by atoms with Crippen LogP contribution in [-0.2, 0) is 5.60 Å². The summed E-state index contributed by atoms with van der Waals surface area (Å²) in [5, 5.41) is 24.9. The summed E-state index contributed by atoms with van der Waals surface area (Å²) in [4.78, 5) is 8.49. The maximum atomic E-state index is 10.9. The molecule has 2 aliphatic carbocycles. The Bertz CT molecular complexity index is 1500. The number of nitrogens with zero attached hydrogens (tertiary/aromatic N) is 5. The van der Waals surface area contributed by atoms with Crippen molar-refractivity contribution in [3.8, 4) is 17.7 Å². The van der Waals surface area contributed by atoms with E-state index in [4.69, 9.17) is 15.4 Å². The van der Waals surface area contributed by atoms with Crippen molar-refractivity contribution < 1.29 is 9.63 Å². The first kappa shape index (κ1) is 23.6. The SMILES string of the molecule is Cc1cc(C(C)(O)C#Cc2ccc3c(C(NC4CCCC4)C4CC4)nn(-c4ccnc(N)n4)c3c2)no1. The first-order chi connectivity index (χ1) is 17.9. The molecule has 2 fully saturated rings. The average molecular weight is 498 g/mol. The number of fused-ring (bicyclic) bond motifs is 1. The predicted molar refractivity (Wildman–Crippen MR) is 140 cm³/mol. The third-order valence-corrected chi connectivity index (χ3v) is 7.32. The van der Waals surface area contributed by atoms with Gasteiger partial charge in [0, 0.05) is 35.3 Å². The molecular formula is C28H31N7O2. The molecule has 9 nitrogen and oxygen atoms in total. The fourth-order valence-corrected chi connectivity index (χ4v) is 5.17. The number of anilines is 1. The van der Waals surface area contributed by atoms with Crippen LogP contribution in [0.1, 0.15) is 74.2 Å². The van der Waals surface area contributed by atoms with Crippen LogP contribution in [-0.4, -0.2) is 36.1 Å². The maximum absolute atomic E-state index is 10.9. The zero-order valence-corrected chi connectivity index (χ0v) is 21.1. The third-order valence-electron chi connectivity index (χ3n) is 7.32. The lowest BCUT2D eigenvalue weighted by Gasteiger charge is -2.21. The van der Waals surface area contributed by atoms with Crippen LogP contribution in [0.25, 0.3) is 16.7 Å². The quantitative estimate of drug-likeness (QED) is 0.342. The predicted octanol–water partition coefficient (Wildman–Crippen LogP) is 3.94. The molecule has 3 aromatic heterocycles. The van der Waals surface area contributed by atoms with Crippen molar-refractivity contribution >= 4 is 16.9 Å². The summed E-state index contributed by atoms with van der Waals surface area (Å²) in [6.07, 6.45) is 9.05.